The van der Waals surface area contributed by atoms with Crippen LogP contribution in [0.1, 0.15) is 93.4 Å². The Bertz CT molecular complexity index is 1390. The molecular formula is C37H59NO12. The Morgan fingerprint density at radius 2 is 1.74 bits per heavy atom. The van der Waals surface area contributed by atoms with Gasteiger partial charge in [0, 0.05) is 42.3 Å². The van der Waals surface area contributed by atoms with Crippen molar-refractivity contribution < 1.29 is 59.5 Å². The van der Waals surface area contributed by atoms with E-state index in [9.17, 15) is 45.3 Å². The van der Waals surface area contributed by atoms with Gasteiger partial charge in [-0.05, 0) is 83.5 Å². The molecule has 0 aromatic carbocycles. The third kappa shape index (κ3) is 4.57. The van der Waals surface area contributed by atoms with E-state index in [0.29, 0.717) is 25.3 Å². The van der Waals surface area contributed by atoms with Gasteiger partial charge in [-0.3, -0.25) is 9.69 Å². The number of aliphatic hydroxyl groups is 7. The van der Waals surface area contributed by atoms with Crippen LogP contribution in [0.5, 0.6) is 0 Å². The van der Waals surface area contributed by atoms with Crippen LogP contribution in [0, 0.1) is 46.8 Å². The minimum atomic E-state index is -2.25. The molecule has 3 unspecified atom stereocenters. The summed E-state index contributed by atoms with van der Waals surface area (Å²) in [5.74, 6) is -7.78. The quantitative estimate of drug-likeness (QED) is 0.188. The van der Waals surface area contributed by atoms with Crippen molar-refractivity contribution in [1.29, 1.82) is 0 Å². The summed E-state index contributed by atoms with van der Waals surface area (Å²) in [6, 6.07) is -0.238. The Hall–Kier alpha value is -1.42. The molecule has 3 saturated heterocycles. The lowest BCUT2D eigenvalue weighted by Gasteiger charge is -2.64. The number of rotatable bonds is 6. The Morgan fingerprint density at radius 1 is 1.06 bits per heavy atom. The van der Waals surface area contributed by atoms with Gasteiger partial charge in [0.25, 0.3) is 0 Å². The maximum absolute atomic E-state index is 13.5. The van der Waals surface area contributed by atoms with Crippen LogP contribution in [0.2, 0.25) is 0 Å². The number of nitrogens with zero attached hydrogens (tertiary/aromatic N) is 1. The van der Waals surface area contributed by atoms with Gasteiger partial charge in [0.15, 0.2) is 17.8 Å². The van der Waals surface area contributed by atoms with Crippen LogP contribution in [-0.2, 0) is 23.8 Å². The number of esters is 2. The van der Waals surface area contributed by atoms with Gasteiger partial charge in [-0.25, -0.2) is 4.79 Å². The van der Waals surface area contributed by atoms with Crippen molar-refractivity contribution in [2.45, 2.75) is 158 Å². The van der Waals surface area contributed by atoms with E-state index in [4.69, 9.17) is 14.2 Å². The Morgan fingerprint density at radius 3 is 2.38 bits per heavy atom. The first kappa shape index (κ1) is 36.9. The van der Waals surface area contributed by atoms with Crippen LogP contribution in [0.3, 0.4) is 0 Å². The lowest BCUT2D eigenvalue weighted by atomic mass is 9.49. The fraction of sp³-hybridized carbons (Fsp3) is 0.946. The van der Waals surface area contributed by atoms with Gasteiger partial charge < -0.3 is 50.0 Å². The number of hydrogen-bond donors (Lipinski definition) is 7. The summed E-state index contributed by atoms with van der Waals surface area (Å²) >= 11 is 0. The first-order chi connectivity index (χ1) is 23.1. The van der Waals surface area contributed by atoms with Gasteiger partial charge in [0.05, 0.1) is 35.4 Å². The second-order valence-corrected chi connectivity index (χ2v) is 18.2. The van der Waals surface area contributed by atoms with Gasteiger partial charge in [0.1, 0.15) is 5.60 Å². The van der Waals surface area contributed by atoms with Crippen LogP contribution in [0.15, 0.2) is 0 Å². The first-order valence-corrected chi connectivity index (χ1v) is 18.9. The molecule has 3 aliphatic heterocycles. The number of carbonyl (C=O) groups is 2. The second-order valence-electron chi connectivity index (χ2n) is 18.2. The Kier molecular flexibility index (Phi) is 8.52. The van der Waals surface area contributed by atoms with Gasteiger partial charge >= 0.3 is 11.9 Å². The van der Waals surface area contributed by atoms with E-state index in [1.54, 1.807) is 13.8 Å². The smallest absolute Gasteiger partial charge is 0.341 e. The zero-order chi connectivity index (χ0) is 36.7. The molecule has 0 amide bonds. The summed E-state index contributed by atoms with van der Waals surface area (Å²) in [4.78, 5) is 28.9. The lowest BCUT2D eigenvalue weighted by Crippen LogP contribution is -2.77. The van der Waals surface area contributed by atoms with Crippen LogP contribution in [0.25, 0.3) is 0 Å². The van der Waals surface area contributed by atoms with Gasteiger partial charge in [-0.1, -0.05) is 27.7 Å². The number of carbonyl (C=O) groups excluding carboxylic acids is 2. The van der Waals surface area contributed by atoms with Crippen LogP contribution < -0.4 is 0 Å². The first-order valence-electron chi connectivity index (χ1n) is 18.9. The fourth-order valence-electron chi connectivity index (χ4n) is 12.5. The summed E-state index contributed by atoms with van der Waals surface area (Å²) in [5.41, 5.74) is -7.89. The molecule has 7 N–H and O–H groups in total. The maximum Gasteiger partial charge on any atom is 0.341 e. The largest absolute Gasteiger partial charge is 0.456 e. The number of hydrogen-bond acceptors (Lipinski definition) is 13. The van der Waals surface area contributed by atoms with Crippen molar-refractivity contribution in [1.82, 2.24) is 4.90 Å². The third-order valence-electron chi connectivity index (χ3n) is 15.5. The number of aliphatic hydroxyl groups excluding tert-OH is 3. The van der Waals surface area contributed by atoms with Crippen molar-refractivity contribution in [3.63, 3.8) is 0 Å². The lowest BCUT2D eigenvalue weighted by molar-refractivity contribution is -0.300. The Labute approximate surface area is 294 Å². The van der Waals surface area contributed by atoms with Crippen molar-refractivity contribution in [3.8, 4) is 0 Å². The van der Waals surface area contributed by atoms with Gasteiger partial charge in [0.2, 0.25) is 5.79 Å². The van der Waals surface area contributed by atoms with Crippen molar-refractivity contribution >= 4 is 11.9 Å². The highest BCUT2D eigenvalue weighted by Gasteiger charge is 2.87. The molecule has 0 radical (unpaired) electrons. The second kappa shape index (κ2) is 11.5. The topological polar surface area (TPSA) is 207 Å². The normalized spacial score (nSPS) is 54.6. The van der Waals surface area contributed by atoms with Crippen LogP contribution in [-0.4, -0.2) is 130 Å². The molecule has 13 heteroatoms. The molecule has 4 aliphatic carbocycles. The molecule has 50 heavy (non-hydrogen) atoms. The van der Waals surface area contributed by atoms with E-state index in [1.165, 1.54) is 6.92 Å². The molecule has 4 bridgehead atoms. The fourth-order valence-corrected chi connectivity index (χ4v) is 12.5. The molecule has 3 heterocycles. The van der Waals surface area contributed by atoms with Crippen molar-refractivity contribution in [3.05, 3.63) is 0 Å². The summed E-state index contributed by atoms with van der Waals surface area (Å²) < 4.78 is 18.7. The molecule has 0 aromatic rings. The van der Waals surface area contributed by atoms with E-state index in [2.05, 4.69) is 11.8 Å². The number of piperidine rings is 2. The van der Waals surface area contributed by atoms with Gasteiger partial charge in [-0.15, -0.1) is 0 Å². The van der Waals surface area contributed by atoms with E-state index in [-0.39, 0.29) is 25.3 Å². The molecular weight excluding hydrogens is 650 g/mol. The zero-order valence-corrected chi connectivity index (χ0v) is 30.5. The van der Waals surface area contributed by atoms with Crippen molar-refractivity contribution in [2.24, 2.45) is 46.8 Å². The molecule has 7 rings (SSSR count). The molecule has 1 spiro atoms. The maximum atomic E-state index is 13.5. The molecule has 7 aliphatic rings. The number of ether oxygens (including phenoxy) is 3. The molecule has 19 atom stereocenters. The highest BCUT2D eigenvalue weighted by atomic mass is 16.7. The summed E-state index contributed by atoms with van der Waals surface area (Å²) in [6.45, 7) is 13.1. The third-order valence-corrected chi connectivity index (χ3v) is 15.5. The summed E-state index contributed by atoms with van der Waals surface area (Å²) in [7, 11) is 0. The summed E-state index contributed by atoms with van der Waals surface area (Å²) in [6.07, 6.45) is -4.15. The van der Waals surface area contributed by atoms with E-state index >= 15 is 0 Å². The van der Waals surface area contributed by atoms with Gasteiger partial charge in [-0.2, -0.15) is 0 Å². The Balaban J connectivity index is 1.34. The predicted molar refractivity (Wildman–Crippen MR) is 176 cm³/mol. The van der Waals surface area contributed by atoms with Crippen LogP contribution >= 0.6 is 0 Å². The standard InChI is InChI=1S/C37H59NO12/c1-8-18(3)30(42)49-29-27(41)26-20(16-38-15-17(2)9-10-24(38)34(26,7)45)21-14-35-28(36(21,29)46)22(40)13-23-32(35,5)12-11-25(37(23,47)50-35)48-31(43)33(6,44)19(4)39/h17-29,39-41,44-47H,8-16H2,1-7H3/t17-,18?,19?,20-,21-,22+,23-,24-,25-,26+,27+,28+,29-,32-,33?,34+,35+,36-,37-/m0/s1. The molecule has 7 fully saturated rings. The average molecular weight is 710 g/mol. The van der Waals surface area contributed by atoms with E-state index in [0.717, 1.165) is 26.3 Å². The minimum absolute atomic E-state index is 0.0328. The van der Waals surface area contributed by atoms with Crippen LogP contribution in [0.4, 0.5) is 0 Å². The minimum Gasteiger partial charge on any atom is -0.456 e. The highest BCUT2D eigenvalue weighted by molar-refractivity contribution is 5.79. The van der Waals surface area contributed by atoms with E-state index < -0.39 is 112 Å². The van der Waals surface area contributed by atoms with Crippen molar-refractivity contribution in [2.75, 3.05) is 13.1 Å². The van der Waals surface area contributed by atoms with E-state index in [1.807, 2.05) is 13.8 Å². The molecule has 13 nitrogen and oxygen atoms in total. The summed E-state index contributed by atoms with van der Waals surface area (Å²) in [5, 5.41) is 83.5. The predicted octanol–water partition coefficient (Wildman–Crippen LogP) is 0.466. The molecule has 284 valence electrons. The monoisotopic (exact) mass is 709 g/mol. The zero-order valence-electron chi connectivity index (χ0n) is 30.5. The number of fused-ring (bicyclic) bond motifs is 5. The molecule has 4 saturated carbocycles. The SMILES string of the molecule is CCC(C)C(=O)O[C@H]1[C@H](O)[C@H]2[C@@H](CN3C[C@@H](C)CC[C@H]3[C@@]2(C)O)[C@@H]2C[C@]34O[C@]5(O)[C@@H](OC(=O)C(C)(O)C(C)O)CC[C@@]3(C)[C@@H]5C[C@@H](O)[C@H]4[C@@]21O. The molecule has 0 aromatic heterocycles. The average Bonchev–Trinajstić information content (AvgIpc) is 3.31. The highest BCUT2D eigenvalue weighted by Crippen LogP contribution is 2.77.